The van der Waals surface area contributed by atoms with E-state index in [1.54, 1.807) is 0 Å². The molecule has 3 rings (SSSR count). The standard InChI is InChI=1S/C14H15ClN4S/c1-10-4-6-11(7-5-10)20-14-17-12(15)16-13(18-14)19-8-2-3-9-19/h4-7H,2-3,8-9H2,1H3. The van der Waals surface area contributed by atoms with Gasteiger partial charge in [0.1, 0.15) is 0 Å². The minimum Gasteiger partial charge on any atom is -0.341 e. The van der Waals surface area contributed by atoms with Crippen molar-refractivity contribution in [2.75, 3.05) is 18.0 Å². The van der Waals surface area contributed by atoms with Crippen LogP contribution in [-0.4, -0.2) is 28.0 Å². The number of aryl methyl sites for hydroxylation is 1. The minimum absolute atomic E-state index is 0.261. The van der Waals surface area contributed by atoms with Crippen molar-refractivity contribution in [1.82, 2.24) is 15.0 Å². The Hall–Kier alpha value is -1.33. The maximum Gasteiger partial charge on any atom is 0.230 e. The molecule has 1 aromatic carbocycles. The fraction of sp³-hybridized carbons (Fsp3) is 0.357. The first-order valence-electron chi connectivity index (χ1n) is 6.62. The highest BCUT2D eigenvalue weighted by molar-refractivity contribution is 7.99. The molecule has 1 aromatic heterocycles. The summed E-state index contributed by atoms with van der Waals surface area (Å²) >= 11 is 7.53. The van der Waals surface area contributed by atoms with E-state index in [0.29, 0.717) is 11.1 Å². The van der Waals surface area contributed by atoms with E-state index < -0.39 is 0 Å². The zero-order chi connectivity index (χ0) is 13.9. The molecule has 0 N–H and O–H groups in total. The molecule has 4 nitrogen and oxygen atoms in total. The predicted octanol–water partition coefficient (Wildman–Crippen LogP) is 3.58. The molecule has 0 atom stereocenters. The fourth-order valence-corrected chi connectivity index (χ4v) is 3.09. The zero-order valence-electron chi connectivity index (χ0n) is 11.2. The van der Waals surface area contributed by atoms with Crippen LogP contribution in [0.2, 0.25) is 5.28 Å². The van der Waals surface area contributed by atoms with Crippen LogP contribution in [0, 0.1) is 6.92 Å². The summed E-state index contributed by atoms with van der Waals surface area (Å²) in [5.41, 5.74) is 1.24. The van der Waals surface area contributed by atoms with E-state index in [0.717, 1.165) is 18.0 Å². The average Bonchev–Trinajstić information content (AvgIpc) is 2.95. The second-order valence-electron chi connectivity index (χ2n) is 4.80. The lowest BCUT2D eigenvalue weighted by Gasteiger charge is -2.15. The van der Waals surface area contributed by atoms with Gasteiger partial charge in [-0.15, -0.1) is 0 Å². The smallest absolute Gasteiger partial charge is 0.230 e. The maximum absolute atomic E-state index is 6.02. The molecular weight excluding hydrogens is 292 g/mol. The first kappa shape index (κ1) is 13.6. The van der Waals surface area contributed by atoms with Gasteiger partial charge in [-0.05, 0) is 55.3 Å². The Bertz CT molecular complexity index is 597. The molecule has 2 aromatic rings. The molecule has 1 aliphatic heterocycles. The van der Waals surface area contributed by atoms with E-state index in [-0.39, 0.29) is 5.28 Å². The Morgan fingerprint density at radius 2 is 1.75 bits per heavy atom. The van der Waals surface area contributed by atoms with Gasteiger partial charge in [0.05, 0.1) is 0 Å². The molecular formula is C14H15ClN4S. The summed E-state index contributed by atoms with van der Waals surface area (Å²) < 4.78 is 0. The molecule has 0 aliphatic carbocycles. The number of nitrogens with zero attached hydrogens (tertiary/aromatic N) is 4. The van der Waals surface area contributed by atoms with Gasteiger partial charge in [-0.3, -0.25) is 0 Å². The number of aromatic nitrogens is 3. The third-order valence-electron chi connectivity index (χ3n) is 3.19. The highest BCUT2D eigenvalue weighted by atomic mass is 35.5. The molecule has 0 unspecified atom stereocenters. The number of halogens is 1. The van der Waals surface area contributed by atoms with Crippen molar-refractivity contribution in [3.63, 3.8) is 0 Å². The third-order valence-corrected chi connectivity index (χ3v) is 4.24. The summed E-state index contributed by atoms with van der Waals surface area (Å²) in [5.74, 6) is 0.692. The molecule has 1 aliphatic rings. The van der Waals surface area contributed by atoms with Crippen LogP contribution in [0.5, 0.6) is 0 Å². The summed E-state index contributed by atoms with van der Waals surface area (Å²) in [7, 11) is 0. The highest BCUT2D eigenvalue weighted by Crippen LogP contribution is 2.27. The van der Waals surface area contributed by atoms with Crippen LogP contribution in [-0.2, 0) is 0 Å². The van der Waals surface area contributed by atoms with Crippen LogP contribution in [0.3, 0.4) is 0 Å². The molecule has 1 saturated heterocycles. The molecule has 0 amide bonds. The van der Waals surface area contributed by atoms with E-state index in [2.05, 4.69) is 51.0 Å². The van der Waals surface area contributed by atoms with Crippen LogP contribution >= 0.6 is 23.4 Å². The van der Waals surface area contributed by atoms with E-state index in [4.69, 9.17) is 11.6 Å². The van der Waals surface area contributed by atoms with Gasteiger partial charge in [-0.25, -0.2) is 0 Å². The lowest BCUT2D eigenvalue weighted by atomic mass is 10.2. The van der Waals surface area contributed by atoms with E-state index in [1.165, 1.54) is 30.2 Å². The van der Waals surface area contributed by atoms with Gasteiger partial charge in [0.15, 0.2) is 5.16 Å². The molecule has 0 spiro atoms. The Balaban J connectivity index is 1.83. The van der Waals surface area contributed by atoms with Gasteiger partial charge in [0.25, 0.3) is 0 Å². The van der Waals surface area contributed by atoms with Crippen LogP contribution in [0.1, 0.15) is 18.4 Å². The summed E-state index contributed by atoms with van der Waals surface area (Å²) in [6.45, 7) is 4.06. The van der Waals surface area contributed by atoms with Crippen LogP contribution in [0.15, 0.2) is 34.3 Å². The second kappa shape index (κ2) is 5.97. The summed E-state index contributed by atoms with van der Waals surface area (Å²) in [6, 6.07) is 8.28. The maximum atomic E-state index is 6.02. The number of rotatable bonds is 3. The number of hydrogen-bond acceptors (Lipinski definition) is 5. The van der Waals surface area contributed by atoms with Crippen molar-refractivity contribution < 1.29 is 0 Å². The van der Waals surface area contributed by atoms with Gasteiger partial charge in [-0.1, -0.05) is 17.7 Å². The van der Waals surface area contributed by atoms with Gasteiger partial charge in [-0.2, -0.15) is 15.0 Å². The van der Waals surface area contributed by atoms with Crippen LogP contribution in [0.4, 0.5) is 5.95 Å². The normalized spacial score (nSPS) is 14.8. The Kier molecular flexibility index (Phi) is 4.08. The number of benzene rings is 1. The zero-order valence-corrected chi connectivity index (χ0v) is 12.8. The quantitative estimate of drug-likeness (QED) is 0.867. The molecule has 104 valence electrons. The van der Waals surface area contributed by atoms with Gasteiger partial charge in [0, 0.05) is 18.0 Å². The summed E-state index contributed by atoms with van der Waals surface area (Å²) in [5, 5.41) is 0.910. The van der Waals surface area contributed by atoms with Crippen molar-refractivity contribution in [1.29, 1.82) is 0 Å². The first-order valence-corrected chi connectivity index (χ1v) is 7.81. The van der Waals surface area contributed by atoms with Gasteiger partial charge >= 0.3 is 0 Å². The Morgan fingerprint density at radius 1 is 1.05 bits per heavy atom. The monoisotopic (exact) mass is 306 g/mol. The lowest BCUT2D eigenvalue weighted by molar-refractivity contribution is 0.826. The van der Waals surface area contributed by atoms with Gasteiger partial charge in [0.2, 0.25) is 11.2 Å². The van der Waals surface area contributed by atoms with E-state index in [1.807, 2.05) is 0 Å². The van der Waals surface area contributed by atoms with Crippen molar-refractivity contribution in [3.05, 3.63) is 35.1 Å². The minimum atomic E-state index is 0.261. The first-order chi connectivity index (χ1) is 9.70. The lowest BCUT2D eigenvalue weighted by Crippen LogP contribution is -2.21. The number of anilines is 1. The van der Waals surface area contributed by atoms with Crippen molar-refractivity contribution in [3.8, 4) is 0 Å². The molecule has 2 heterocycles. The van der Waals surface area contributed by atoms with Crippen molar-refractivity contribution in [2.45, 2.75) is 29.8 Å². The summed E-state index contributed by atoms with van der Waals surface area (Å²) in [6.07, 6.45) is 2.37. The Morgan fingerprint density at radius 3 is 2.45 bits per heavy atom. The van der Waals surface area contributed by atoms with Crippen molar-refractivity contribution >= 4 is 29.3 Å². The predicted molar refractivity (Wildman–Crippen MR) is 81.6 cm³/mol. The molecule has 6 heteroatoms. The fourth-order valence-electron chi connectivity index (χ4n) is 2.14. The average molecular weight is 307 g/mol. The highest BCUT2D eigenvalue weighted by Gasteiger charge is 2.17. The molecule has 20 heavy (non-hydrogen) atoms. The SMILES string of the molecule is Cc1ccc(Sc2nc(Cl)nc(N3CCCC3)n2)cc1. The largest absolute Gasteiger partial charge is 0.341 e. The molecule has 0 bridgehead atoms. The Labute approximate surface area is 127 Å². The third kappa shape index (κ3) is 3.22. The second-order valence-corrected chi connectivity index (χ2v) is 6.18. The molecule has 0 saturated carbocycles. The van der Waals surface area contributed by atoms with Gasteiger partial charge < -0.3 is 4.90 Å². The summed E-state index contributed by atoms with van der Waals surface area (Å²) in [4.78, 5) is 16.2. The van der Waals surface area contributed by atoms with Crippen molar-refractivity contribution in [2.24, 2.45) is 0 Å². The molecule has 0 radical (unpaired) electrons. The number of hydrogen-bond donors (Lipinski definition) is 0. The molecule has 1 fully saturated rings. The van der Waals surface area contributed by atoms with E-state index in [9.17, 15) is 0 Å². The van der Waals surface area contributed by atoms with E-state index >= 15 is 0 Å². The van der Waals surface area contributed by atoms with Crippen LogP contribution < -0.4 is 4.90 Å². The topological polar surface area (TPSA) is 41.9 Å². The van der Waals surface area contributed by atoms with Crippen LogP contribution in [0.25, 0.3) is 0 Å².